The molecule has 0 aromatic heterocycles. The highest BCUT2D eigenvalue weighted by atomic mass is 35.5. The van der Waals surface area contributed by atoms with Crippen molar-refractivity contribution in [3.8, 4) is 24.3 Å². The van der Waals surface area contributed by atoms with Crippen molar-refractivity contribution < 1.29 is 38.2 Å². The highest BCUT2D eigenvalue weighted by Crippen LogP contribution is 2.22. The summed E-state index contributed by atoms with van der Waals surface area (Å²) < 4.78 is 10.6. The Labute approximate surface area is 668 Å². The largest absolute Gasteiger partial charge is 0.444 e. The number of carbonyl (C=O) groups is 6. The lowest BCUT2D eigenvalue weighted by molar-refractivity contribution is -0.129. The van der Waals surface area contributed by atoms with Crippen LogP contribution in [0.15, 0.2) is 170 Å². The lowest BCUT2D eigenvalue weighted by Crippen LogP contribution is -2.48. The molecule has 0 saturated heterocycles. The Morgan fingerprint density at radius 3 is 0.818 bits per heavy atom. The zero-order valence-electron chi connectivity index (χ0n) is 64.0. The lowest BCUT2D eigenvalue weighted by Gasteiger charge is -2.29. The molecule has 0 bridgehead atoms. The summed E-state index contributed by atoms with van der Waals surface area (Å²) in [4.78, 5) is 80.1. The van der Waals surface area contributed by atoms with E-state index in [2.05, 4.69) is 156 Å². The predicted octanol–water partition coefficient (Wildman–Crippen LogP) is 15.5. The van der Waals surface area contributed by atoms with E-state index in [4.69, 9.17) is 88.4 Å². The van der Waals surface area contributed by atoms with E-state index in [0.717, 1.165) is 45.5 Å². The maximum atomic E-state index is 12.5. The van der Waals surface area contributed by atoms with Gasteiger partial charge in [-0.3, -0.25) is 19.2 Å². The maximum absolute atomic E-state index is 12.5. The highest BCUT2D eigenvalue weighted by molar-refractivity contribution is 6.28. The number of nitrogens with two attached hydrogens (primary N) is 2. The molecule has 6 amide bonds. The molecule has 0 heterocycles. The van der Waals surface area contributed by atoms with Gasteiger partial charge < -0.3 is 51.2 Å². The normalized spacial score (nSPS) is 12.0. The predicted molar refractivity (Wildman–Crippen MR) is 441 cm³/mol. The van der Waals surface area contributed by atoms with Gasteiger partial charge in [-0.2, -0.15) is 21.0 Å². The standard InChI is InChI=1S/2C24H30ClN3O3.2C19H22ClN3O/c2*1-24(2,3)31-23(30)27-21(9-6-13-26)17-28(22(29)16-25)14-12-18-10-11-19-7-4-5-8-20(19)15-18;2*20-13-19(24)23(14-18(22)6-3-10-21)11-9-15-7-8-16-4-1-2-5-17(16)12-15/h2*4-5,7-8,10-11,15,21H,6,9,12,14,16-17H2,1-3H3,(H,27,30);2*1-2,4-5,7-8,12,18H,3,6,9,11,13-14,22H2. The summed E-state index contributed by atoms with van der Waals surface area (Å²) in [5.41, 5.74) is 15.3. The van der Waals surface area contributed by atoms with Gasteiger partial charge in [0.05, 0.1) is 36.4 Å². The fraction of sp³-hybridized carbons (Fsp3) is 0.419. The van der Waals surface area contributed by atoms with Crippen LogP contribution in [-0.2, 0) is 54.3 Å². The Kier molecular flexibility index (Phi) is 40.2. The molecule has 6 N–H and O–H groups in total. The molecule has 584 valence electrons. The van der Waals surface area contributed by atoms with E-state index in [1.54, 1.807) is 61.1 Å². The molecule has 8 aromatic rings. The van der Waals surface area contributed by atoms with Gasteiger partial charge in [0, 0.05) is 90.1 Å². The number of nitrogens with one attached hydrogen (secondary N) is 2. The van der Waals surface area contributed by atoms with Gasteiger partial charge in [-0.15, -0.1) is 46.4 Å². The molecule has 8 rings (SSSR count). The average molecular weight is 1580 g/mol. The van der Waals surface area contributed by atoms with Crippen LogP contribution in [0.3, 0.4) is 0 Å². The number of alkyl carbamates (subject to hydrolysis) is 2. The third-order valence-corrected chi connectivity index (χ3v) is 18.4. The Hall–Kier alpha value is -9.74. The first-order chi connectivity index (χ1) is 52.7. The fourth-order valence-electron chi connectivity index (χ4n) is 11.9. The summed E-state index contributed by atoms with van der Waals surface area (Å²) >= 11 is 23.1. The number of amides is 6. The fourth-order valence-corrected chi connectivity index (χ4v) is 12.5. The number of benzene rings is 8. The van der Waals surface area contributed by atoms with E-state index in [9.17, 15) is 28.8 Å². The Balaban J connectivity index is 0.000000264. The molecule has 0 aliphatic rings. The first-order valence-corrected chi connectivity index (χ1v) is 39.1. The quantitative estimate of drug-likeness (QED) is 0.0273. The van der Waals surface area contributed by atoms with Crippen LogP contribution in [0.1, 0.15) is 115 Å². The minimum Gasteiger partial charge on any atom is -0.444 e. The second-order valence-corrected chi connectivity index (χ2v) is 29.7. The topological polar surface area (TPSA) is 305 Å². The molecule has 20 nitrogen and oxygen atoms in total. The van der Waals surface area contributed by atoms with Gasteiger partial charge in [0.1, 0.15) is 34.7 Å². The molecule has 4 unspecified atom stereocenters. The van der Waals surface area contributed by atoms with Crippen LogP contribution in [0.25, 0.3) is 43.1 Å². The summed E-state index contributed by atoms with van der Waals surface area (Å²) in [6.45, 7) is 14.1. The zero-order chi connectivity index (χ0) is 80.4. The van der Waals surface area contributed by atoms with Crippen LogP contribution in [-0.4, -0.2) is 167 Å². The summed E-state index contributed by atoms with van der Waals surface area (Å²) in [6.07, 6.45) is 4.98. The van der Waals surface area contributed by atoms with Gasteiger partial charge in [0.2, 0.25) is 23.6 Å². The molecule has 0 spiro atoms. The van der Waals surface area contributed by atoms with Crippen molar-refractivity contribution >= 4 is 125 Å². The van der Waals surface area contributed by atoms with E-state index in [1.807, 2.05) is 48.5 Å². The molecular weight excluding hydrogens is 1470 g/mol. The smallest absolute Gasteiger partial charge is 0.407 e. The Morgan fingerprint density at radius 2 is 0.591 bits per heavy atom. The monoisotopic (exact) mass is 1570 g/mol. The van der Waals surface area contributed by atoms with Gasteiger partial charge in [0.15, 0.2) is 0 Å². The van der Waals surface area contributed by atoms with Crippen molar-refractivity contribution in [1.29, 1.82) is 21.0 Å². The first-order valence-electron chi connectivity index (χ1n) is 36.9. The maximum Gasteiger partial charge on any atom is 0.407 e. The molecule has 24 heteroatoms. The van der Waals surface area contributed by atoms with Crippen molar-refractivity contribution in [3.05, 3.63) is 192 Å². The molecule has 0 aliphatic carbocycles. The van der Waals surface area contributed by atoms with Crippen LogP contribution < -0.4 is 22.1 Å². The Morgan fingerprint density at radius 1 is 0.364 bits per heavy atom. The van der Waals surface area contributed by atoms with Crippen molar-refractivity contribution in [2.24, 2.45) is 11.5 Å². The second-order valence-electron chi connectivity index (χ2n) is 28.6. The van der Waals surface area contributed by atoms with E-state index in [0.29, 0.717) is 90.6 Å². The second kappa shape index (κ2) is 48.7. The molecule has 4 atom stereocenters. The zero-order valence-corrected chi connectivity index (χ0v) is 67.0. The molecule has 0 saturated carbocycles. The van der Waals surface area contributed by atoms with E-state index < -0.39 is 35.5 Å². The molecule has 110 heavy (non-hydrogen) atoms. The van der Waals surface area contributed by atoms with Crippen LogP contribution in [0.5, 0.6) is 0 Å². The number of hydrogen-bond acceptors (Lipinski definition) is 14. The van der Waals surface area contributed by atoms with Crippen LogP contribution in [0.4, 0.5) is 9.59 Å². The summed E-state index contributed by atoms with van der Waals surface area (Å²) in [6, 6.07) is 64.9. The van der Waals surface area contributed by atoms with Gasteiger partial charge >= 0.3 is 12.2 Å². The number of hydrogen-bond donors (Lipinski definition) is 4. The van der Waals surface area contributed by atoms with Crippen molar-refractivity contribution in [2.45, 2.75) is 154 Å². The number of rotatable bonds is 34. The molecule has 0 radical (unpaired) electrons. The third kappa shape index (κ3) is 34.4. The number of nitrogens with zero attached hydrogens (tertiary/aromatic N) is 8. The Bertz CT molecular complexity index is 4150. The van der Waals surface area contributed by atoms with E-state index >= 15 is 0 Å². The summed E-state index contributed by atoms with van der Waals surface area (Å²) in [5, 5.41) is 50.2. The van der Waals surface area contributed by atoms with Crippen molar-refractivity contribution in [1.82, 2.24) is 30.2 Å². The highest BCUT2D eigenvalue weighted by Gasteiger charge is 2.26. The van der Waals surface area contributed by atoms with Gasteiger partial charge in [0.25, 0.3) is 0 Å². The van der Waals surface area contributed by atoms with E-state index in [1.165, 1.54) is 32.7 Å². The van der Waals surface area contributed by atoms with Gasteiger partial charge in [-0.05, 0) is 158 Å². The summed E-state index contributed by atoms with van der Waals surface area (Å²) in [7, 11) is 0. The molecule has 0 aliphatic heterocycles. The first kappa shape index (κ1) is 90.9. The molecular formula is C86H104Cl4N12O8. The van der Waals surface area contributed by atoms with Crippen LogP contribution in [0.2, 0.25) is 0 Å². The van der Waals surface area contributed by atoms with Crippen LogP contribution in [0, 0.1) is 45.3 Å². The average Bonchev–Trinajstić information content (AvgIpc) is 0.859. The lowest BCUT2D eigenvalue weighted by atomic mass is 10.0. The summed E-state index contributed by atoms with van der Waals surface area (Å²) in [5.74, 6) is -1.06. The number of halogens is 4. The SMILES string of the molecule is CC(C)(C)OC(=O)NC(CCC#N)CN(CCc1ccc2ccccc2c1)C(=O)CCl.CC(C)(C)OC(=O)NC(CCC#N)CN(CCc1ccc2ccccc2c1)C(=O)CCl.N#CCCC(N)CN(CCc1ccc2ccccc2c1)C(=O)CCl.N#CCCC(N)CN(CCc1ccc2ccccc2c1)C(=O)CCl. The minimum absolute atomic E-state index is 0.0529. The van der Waals surface area contributed by atoms with Gasteiger partial charge in [-0.25, -0.2) is 9.59 Å². The number of ether oxygens (including phenoxy) is 2. The third-order valence-electron chi connectivity index (χ3n) is 17.5. The van der Waals surface area contributed by atoms with Crippen LogP contribution >= 0.6 is 46.4 Å². The van der Waals surface area contributed by atoms with Crippen molar-refractivity contribution in [2.75, 3.05) is 75.9 Å². The molecule has 8 aromatic carbocycles. The van der Waals surface area contributed by atoms with E-state index in [-0.39, 0.29) is 85.2 Å². The molecule has 0 fully saturated rings. The number of nitriles is 4. The number of fused-ring (bicyclic) bond motifs is 4. The van der Waals surface area contributed by atoms with Crippen molar-refractivity contribution in [3.63, 3.8) is 0 Å². The number of alkyl halides is 4. The number of carbonyl (C=O) groups excluding carboxylic acids is 6. The van der Waals surface area contributed by atoms with Gasteiger partial charge in [-0.1, -0.05) is 170 Å². The minimum atomic E-state index is -0.633.